The topological polar surface area (TPSA) is 87.1 Å². The first kappa shape index (κ1) is 21.2. The number of carbonyl (C=O) groups is 2. The number of aryl methyl sites for hydroxylation is 1. The quantitative estimate of drug-likeness (QED) is 0.744. The lowest BCUT2D eigenvalue weighted by atomic mass is 10.2. The van der Waals surface area contributed by atoms with Crippen LogP contribution >= 0.6 is 0 Å². The molecule has 1 saturated heterocycles. The van der Waals surface area contributed by atoms with E-state index < -0.39 is 11.9 Å². The average Bonchev–Trinajstić information content (AvgIpc) is 3.08. The molecule has 2 aromatic carbocycles. The summed E-state index contributed by atoms with van der Waals surface area (Å²) in [5.41, 5.74) is 2.63. The number of aliphatic carboxylic acids is 2. The predicted molar refractivity (Wildman–Crippen MR) is 106 cm³/mol. The lowest BCUT2D eigenvalue weighted by Gasteiger charge is -2.17. The molecule has 3 rings (SSSR count). The van der Waals surface area contributed by atoms with E-state index in [1.54, 1.807) is 0 Å². The number of carboxylic acid groups (broad SMARTS) is 2. The summed E-state index contributed by atoms with van der Waals surface area (Å²) < 4.78 is 6.08. The van der Waals surface area contributed by atoms with Gasteiger partial charge < -0.3 is 14.9 Å². The number of likely N-dealkylation sites (tertiary alicyclic amines) is 1. The van der Waals surface area contributed by atoms with Crippen LogP contribution in [0.3, 0.4) is 0 Å². The smallest absolute Gasteiger partial charge is 0.328 e. The van der Waals surface area contributed by atoms with Crippen LogP contribution < -0.4 is 4.74 Å². The highest BCUT2D eigenvalue weighted by atomic mass is 16.5. The minimum Gasteiger partial charge on any atom is -0.489 e. The molecule has 6 heteroatoms. The third kappa shape index (κ3) is 8.05. The number of ether oxygens (including phenoxy) is 1. The molecule has 0 spiro atoms. The molecular weight excluding hydrogens is 358 g/mol. The summed E-state index contributed by atoms with van der Waals surface area (Å²) in [6.07, 6.45) is 2.55. The van der Waals surface area contributed by atoms with Gasteiger partial charge >= 0.3 is 11.9 Å². The molecular formula is C22H25NO5. The summed E-state index contributed by atoms with van der Waals surface area (Å²) in [6, 6.07) is 19.0. The standard InChI is InChI=1S/C18H21NO.C4H4O4/c1-15-6-5-9-17(12-15)20-18-10-11-19(14-18)13-16-7-3-2-4-8-16;5-3(6)1-2-4(7)8/h2-9,12,18H,10-11,13-14H2,1H3;1-2H,(H,5,6)(H,7,8)/b;2-1+. The molecule has 0 amide bonds. The Bertz CT molecular complexity index is 788. The Hall–Kier alpha value is -3.12. The predicted octanol–water partition coefficient (Wildman–Crippen LogP) is 3.36. The maximum atomic E-state index is 9.55. The Morgan fingerprint density at radius 1 is 1.07 bits per heavy atom. The Morgan fingerprint density at radius 2 is 1.75 bits per heavy atom. The van der Waals surface area contributed by atoms with E-state index in [9.17, 15) is 9.59 Å². The molecule has 0 aromatic heterocycles. The van der Waals surface area contributed by atoms with Crippen molar-refractivity contribution in [2.45, 2.75) is 26.0 Å². The van der Waals surface area contributed by atoms with Crippen LogP contribution in [0.25, 0.3) is 0 Å². The number of carboxylic acids is 2. The monoisotopic (exact) mass is 383 g/mol. The van der Waals surface area contributed by atoms with Crippen molar-refractivity contribution in [2.75, 3.05) is 13.1 Å². The van der Waals surface area contributed by atoms with Gasteiger partial charge in [0.1, 0.15) is 11.9 Å². The van der Waals surface area contributed by atoms with Crippen molar-refractivity contribution in [1.82, 2.24) is 4.90 Å². The van der Waals surface area contributed by atoms with E-state index in [-0.39, 0.29) is 0 Å². The van der Waals surface area contributed by atoms with Crippen molar-refractivity contribution < 1.29 is 24.5 Å². The van der Waals surface area contributed by atoms with Crippen LogP contribution in [-0.2, 0) is 16.1 Å². The SMILES string of the molecule is Cc1cccc(OC2CCN(Cc3ccccc3)C2)c1.O=C(O)/C=C/C(=O)O. The number of hydrogen-bond acceptors (Lipinski definition) is 4. The highest BCUT2D eigenvalue weighted by Gasteiger charge is 2.23. The zero-order valence-electron chi connectivity index (χ0n) is 15.8. The summed E-state index contributed by atoms with van der Waals surface area (Å²) in [4.78, 5) is 21.6. The third-order valence-electron chi connectivity index (χ3n) is 4.14. The van der Waals surface area contributed by atoms with Crippen LogP contribution in [0.1, 0.15) is 17.5 Å². The number of rotatable bonds is 6. The first-order chi connectivity index (χ1) is 13.4. The van der Waals surface area contributed by atoms with Crippen molar-refractivity contribution in [3.05, 3.63) is 77.9 Å². The number of benzene rings is 2. The van der Waals surface area contributed by atoms with E-state index in [4.69, 9.17) is 14.9 Å². The van der Waals surface area contributed by atoms with Gasteiger partial charge in [0.15, 0.2) is 0 Å². The number of nitrogens with zero attached hydrogens (tertiary/aromatic N) is 1. The zero-order valence-corrected chi connectivity index (χ0v) is 15.8. The van der Waals surface area contributed by atoms with Crippen LogP contribution in [0, 0.1) is 6.92 Å². The van der Waals surface area contributed by atoms with E-state index >= 15 is 0 Å². The summed E-state index contributed by atoms with van der Waals surface area (Å²) >= 11 is 0. The fourth-order valence-electron chi connectivity index (χ4n) is 2.90. The maximum absolute atomic E-state index is 9.55. The Kier molecular flexibility index (Phi) is 8.24. The second-order valence-corrected chi connectivity index (χ2v) is 6.58. The van der Waals surface area contributed by atoms with Crippen molar-refractivity contribution in [3.63, 3.8) is 0 Å². The van der Waals surface area contributed by atoms with Crippen molar-refractivity contribution in [2.24, 2.45) is 0 Å². The molecule has 1 aliphatic heterocycles. The first-order valence-electron chi connectivity index (χ1n) is 9.06. The summed E-state index contributed by atoms with van der Waals surface area (Å²) in [5, 5.41) is 15.6. The molecule has 1 fully saturated rings. The molecule has 1 atom stereocenters. The van der Waals surface area contributed by atoms with Crippen molar-refractivity contribution in [3.8, 4) is 5.75 Å². The summed E-state index contributed by atoms with van der Waals surface area (Å²) in [6.45, 7) is 5.26. The van der Waals surface area contributed by atoms with E-state index in [2.05, 4.69) is 60.4 Å². The van der Waals surface area contributed by atoms with Gasteiger partial charge in [-0.25, -0.2) is 9.59 Å². The zero-order chi connectivity index (χ0) is 20.4. The van der Waals surface area contributed by atoms with Gasteiger partial charge in [0.05, 0.1) is 0 Å². The van der Waals surface area contributed by atoms with E-state index in [0.717, 1.165) is 31.8 Å². The summed E-state index contributed by atoms with van der Waals surface area (Å²) in [5.74, 6) is -1.52. The second-order valence-electron chi connectivity index (χ2n) is 6.58. The van der Waals surface area contributed by atoms with Crippen molar-refractivity contribution >= 4 is 11.9 Å². The van der Waals surface area contributed by atoms with Gasteiger partial charge in [0.25, 0.3) is 0 Å². The fourth-order valence-corrected chi connectivity index (χ4v) is 2.90. The molecule has 1 heterocycles. The summed E-state index contributed by atoms with van der Waals surface area (Å²) in [7, 11) is 0. The van der Waals surface area contributed by atoms with E-state index in [0.29, 0.717) is 18.3 Å². The van der Waals surface area contributed by atoms with E-state index in [1.807, 2.05) is 6.07 Å². The third-order valence-corrected chi connectivity index (χ3v) is 4.14. The van der Waals surface area contributed by atoms with Gasteiger partial charge in [-0.05, 0) is 36.6 Å². The van der Waals surface area contributed by atoms with Gasteiger partial charge in [-0.1, -0.05) is 42.5 Å². The average molecular weight is 383 g/mol. The molecule has 2 N–H and O–H groups in total. The highest BCUT2D eigenvalue weighted by molar-refractivity contribution is 5.89. The first-order valence-corrected chi connectivity index (χ1v) is 9.06. The molecule has 2 aromatic rings. The number of hydrogen-bond donors (Lipinski definition) is 2. The van der Waals surface area contributed by atoms with Gasteiger partial charge in [0, 0.05) is 31.8 Å². The normalized spacial score (nSPS) is 16.4. The van der Waals surface area contributed by atoms with E-state index in [1.165, 1.54) is 11.1 Å². The Morgan fingerprint density at radius 3 is 2.36 bits per heavy atom. The van der Waals surface area contributed by atoms with Gasteiger partial charge in [-0.3, -0.25) is 4.90 Å². The Labute approximate surface area is 164 Å². The Balaban J connectivity index is 0.000000300. The molecule has 148 valence electrons. The lowest BCUT2D eigenvalue weighted by molar-refractivity contribution is -0.134. The largest absolute Gasteiger partial charge is 0.489 e. The molecule has 1 aliphatic rings. The van der Waals surface area contributed by atoms with Crippen LogP contribution in [0.15, 0.2) is 66.7 Å². The molecule has 0 aliphatic carbocycles. The lowest BCUT2D eigenvalue weighted by Crippen LogP contribution is -2.24. The molecule has 1 unspecified atom stereocenters. The van der Waals surface area contributed by atoms with Crippen LogP contribution in [-0.4, -0.2) is 46.2 Å². The molecule has 0 bridgehead atoms. The molecule has 0 radical (unpaired) electrons. The minimum atomic E-state index is -1.26. The second kappa shape index (κ2) is 10.9. The van der Waals surface area contributed by atoms with Gasteiger partial charge in [-0.2, -0.15) is 0 Å². The molecule has 6 nitrogen and oxygen atoms in total. The highest BCUT2D eigenvalue weighted by Crippen LogP contribution is 2.20. The van der Waals surface area contributed by atoms with Crippen LogP contribution in [0.5, 0.6) is 5.75 Å². The molecule has 0 saturated carbocycles. The van der Waals surface area contributed by atoms with Gasteiger partial charge in [0.2, 0.25) is 0 Å². The van der Waals surface area contributed by atoms with Crippen LogP contribution in [0.4, 0.5) is 0 Å². The van der Waals surface area contributed by atoms with Crippen molar-refractivity contribution in [1.29, 1.82) is 0 Å². The minimum absolute atomic E-state index is 0.320. The molecule has 28 heavy (non-hydrogen) atoms. The maximum Gasteiger partial charge on any atom is 0.328 e. The van der Waals surface area contributed by atoms with Crippen LogP contribution in [0.2, 0.25) is 0 Å². The fraction of sp³-hybridized carbons (Fsp3) is 0.273. The van der Waals surface area contributed by atoms with Gasteiger partial charge in [-0.15, -0.1) is 0 Å².